The third kappa shape index (κ3) is 3.98. The first-order chi connectivity index (χ1) is 14.9. The normalized spacial score (nSPS) is 12.2. The SMILES string of the molecule is Cc1cc(C)c(C)c(Cn2c(C(C)NC(=O)c3ccccc3)nc3ccccc32)c1C. The molecule has 0 saturated carbocycles. The third-order valence-corrected chi connectivity index (χ3v) is 6.29. The topological polar surface area (TPSA) is 46.9 Å². The van der Waals surface area contributed by atoms with E-state index in [9.17, 15) is 4.79 Å². The lowest BCUT2D eigenvalue weighted by Crippen LogP contribution is -2.29. The number of benzene rings is 3. The molecule has 4 rings (SSSR count). The van der Waals surface area contributed by atoms with Crippen molar-refractivity contribution in [2.24, 2.45) is 0 Å². The monoisotopic (exact) mass is 411 g/mol. The van der Waals surface area contributed by atoms with Crippen LogP contribution in [0.15, 0.2) is 60.7 Å². The zero-order valence-electron chi connectivity index (χ0n) is 18.9. The average Bonchev–Trinajstić information content (AvgIpc) is 3.14. The van der Waals surface area contributed by atoms with Crippen LogP contribution in [0.3, 0.4) is 0 Å². The number of aromatic nitrogens is 2. The highest BCUT2D eigenvalue weighted by Crippen LogP contribution is 2.27. The molecule has 0 bridgehead atoms. The highest BCUT2D eigenvalue weighted by molar-refractivity contribution is 5.94. The van der Waals surface area contributed by atoms with Gasteiger partial charge in [-0.25, -0.2) is 4.98 Å². The Bertz CT molecular complexity index is 1230. The summed E-state index contributed by atoms with van der Waals surface area (Å²) in [6.07, 6.45) is 0. The lowest BCUT2D eigenvalue weighted by molar-refractivity contribution is 0.0937. The summed E-state index contributed by atoms with van der Waals surface area (Å²) >= 11 is 0. The van der Waals surface area contributed by atoms with Crippen LogP contribution in [0.2, 0.25) is 0 Å². The minimum Gasteiger partial charge on any atom is -0.342 e. The number of hydrogen-bond donors (Lipinski definition) is 1. The molecule has 1 atom stereocenters. The molecular weight excluding hydrogens is 382 g/mol. The second-order valence-electron chi connectivity index (χ2n) is 8.34. The predicted octanol–water partition coefficient (Wildman–Crippen LogP) is 5.81. The van der Waals surface area contributed by atoms with Crippen molar-refractivity contribution in [2.45, 2.75) is 47.2 Å². The summed E-state index contributed by atoms with van der Waals surface area (Å²) in [5.41, 5.74) is 9.22. The van der Waals surface area contributed by atoms with Crippen molar-refractivity contribution in [3.63, 3.8) is 0 Å². The smallest absolute Gasteiger partial charge is 0.251 e. The fourth-order valence-electron chi connectivity index (χ4n) is 4.22. The highest BCUT2D eigenvalue weighted by Gasteiger charge is 2.20. The maximum Gasteiger partial charge on any atom is 0.251 e. The summed E-state index contributed by atoms with van der Waals surface area (Å²) in [5.74, 6) is 0.772. The molecule has 158 valence electrons. The third-order valence-electron chi connectivity index (χ3n) is 6.29. The zero-order chi connectivity index (χ0) is 22.1. The van der Waals surface area contributed by atoms with Gasteiger partial charge in [-0.3, -0.25) is 4.79 Å². The fourth-order valence-corrected chi connectivity index (χ4v) is 4.22. The van der Waals surface area contributed by atoms with Crippen LogP contribution >= 0.6 is 0 Å². The van der Waals surface area contributed by atoms with Gasteiger partial charge >= 0.3 is 0 Å². The summed E-state index contributed by atoms with van der Waals surface area (Å²) in [7, 11) is 0. The average molecular weight is 412 g/mol. The van der Waals surface area contributed by atoms with Gasteiger partial charge < -0.3 is 9.88 Å². The molecule has 0 spiro atoms. The van der Waals surface area contributed by atoms with Gasteiger partial charge in [0.15, 0.2) is 0 Å². The van der Waals surface area contributed by atoms with Gasteiger partial charge in [-0.1, -0.05) is 36.4 Å². The van der Waals surface area contributed by atoms with Crippen LogP contribution in [0.1, 0.15) is 57.0 Å². The first kappa shape index (κ1) is 20.9. The Balaban J connectivity index is 1.76. The van der Waals surface area contributed by atoms with Crippen LogP contribution in [-0.2, 0) is 6.54 Å². The summed E-state index contributed by atoms with van der Waals surface area (Å²) in [6.45, 7) is 11.4. The Labute approximate surface area is 183 Å². The second-order valence-corrected chi connectivity index (χ2v) is 8.34. The predicted molar refractivity (Wildman–Crippen MR) is 127 cm³/mol. The molecular formula is C27H29N3O. The molecule has 1 heterocycles. The van der Waals surface area contributed by atoms with Gasteiger partial charge in [-0.05, 0) is 86.7 Å². The number of carbonyl (C=O) groups is 1. The Morgan fingerprint density at radius 3 is 2.23 bits per heavy atom. The number of nitrogens with one attached hydrogen (secondary N) is 1. The van der Waals surface area contributed by atoms with E-state index in [-0.39, 0.29) is 11.9 Å². The van der Waals surface area contributed by atoms with Crippen LogP contribution < -0.4 is 5.32 Å². The van der Waals surface area contributed by atoms with Gasteiger partial charge in [-0.15, -0.1) is 0 Å². The Morgan fingerprint density at radius 1 is 0.935 bits per heavy atom. The Kier molecular flexibility index (Phi) is 5.64. The van der Waals surface area contributed by atoms with Gasteiger partial charge in [0.25, 0.3) is 5.91 Å². The molecule has 4 nitrogen and oxygen atoms in total. The van der Waals surface area contributed by atoms with Crippen LogP contribution in [0.5, 0.6) is 0 Å². The maximum atomic E-state index is 12.8. The van der Waals surface area contributed by atoms with E-state index in [2.05, 4.69) is 49.7 Å². The van der Waals surface area contributed by atoms with Crippen molar-refractivity contribution in [2.75, 3.05) is 0 Å². The van der Waals surface area contributed by atoms with Crippen molar-refractivity contribution < 1.29 is 4.79 Å². The first-order valence-corrected chi connectivity index (χ1v) is 10.7. The largest absolute Gasteiger partial charge is 0.342 e. The summed E-state index contributed by atoms with van der Waals surface area (Å²) in [5, 5.41) is 3.13. The van der Waals surface area contributed by atoms with E-state index < -0.39 is 0 Å². The van der Waals surface area contributed by atoms with E-state index in [1.165, 1.54) is 27.8 Å². The molecule has 4 aromatic rings. The van der Waals surface area contributed by atoms with Crippen molar-refractivity contribution in [3.8, 4) is 0 Å². The standard InChI is InChI=1S/C27H29N3O/c1-17-15-18(2)20(4)23(19(17)3)16-30-25-14-10-9-13-24(25)29-26(30)21(5)28-27(31)22-11-7-6-8-12-22/h6-15,21H,16H2,1-5H3,(H,28,31). The quantitative estimate of drug-likeness (QED) is 0.450. The van der Waals surface area contributed by atoms with E-state index in [1.807, 2.05) is 55.5 Å². The minimum absolute atomic E-state index is 0.0922. The van der Waals surface area contributed by atoms with E-state index in [0.717, 1.165) is 23.4 Å². The number of fused-ring (bicyclic) bond motifs is 1. The molecule has 0 radical (unpaired) electrons. The molecule has 4 heteroatoms. The van der Waals surface area contributed by atoms with Gasteiger partial charge in [0.05, 0.1) is 17.1 Å². The van der Waals surface area contributed by atoms with E-state index >= 15 is 0 Å². The molecule has 1 N–H and O–H groups in total. The van der Waals surface area contributed by atoms with Crippen molar-refractivity contribution in [1.82, 2.24) is 14.9 Å². The number of aryl methyl sites for hydroxylation is 2. The molecule has 3 aromatic carbocycles. The van der Waals surface area contributed by atoms with Crippen LogP contribution in [0, 0.1) is 27.7 Å². The molecule has 0 aliphatic carbocycles. The molecule has 0 aliphatic rings. The number of amides is 1. The fraction of sp³-hybridized carbons (Fsp3) is 0.259. The molecule has 0 aliphatic heterocycles. The number of imidazole rings is 1. The van der Waals surface area contributed by atoms with Gasteiger partial charge in [0.2, 0.25) is 0 Å². The summed E-state index contributed by atoms with van der Waals surface area (Å²) in [4.78, 5) is 17.7. The lowest BCUT2D eigenvalue weighted by atomic mass is 9.94. The van der Waals surface area contributed by atoms with Crippen molar-refractivity contribution in [3.05, 3.63) is 99.9 Å². The molecule has 1 aromatic heterocycles. The first-order valence-electron chi connectivity index (χ1n) is 10.7. The Hall–Kier alpha value is -3.40. The van der Waals surface area contributed by atoms with Crippen LogP contribution in [0.25, 0.3) is 11.0 Å². The number of carbonyl (C=O) groups excluding carboxylic acids is 1. The zero-order valence-corrected chi connectivity index (χ0v) is 18.9. The van der Waals surface area contributed by atoms with Crippen LogP contribution in [0.4, 0.5) is 0 Å². The number of para-hydroxylation sites is 2. The maximum absolute atomic E-state index is 12.8. The van der Waals surface area contributed by atoms with Gasteiger partial charge in [0, 0.05) is 12.1 Å². The number of hydrogen-bond acceptors (Lipinski definition) is 2. The van der Waals surface area contributed by atoms with E-state index in [0.29, 0.717) is 5.56 Å². The van der Waals surface area contributed by atoms with Gasteiger partial charge in [-0.2, -0.15) is 0 Å². The summed E-state index contributed by atoms with van der Waals surface area (Å²) < 4.78 is 2.25. The highest BCUT2D eigenvalue weighted by atomic mass is 16.1. The van der Waals surface area contributed by atoms with Crippen molar-refractivity contribution in [1.29, 1.82) is 0 Å². The van der Waals surface area contributed by atoms with Crippen LogP contribution in [-0.4, -0.2) is 15.5 Å². The summed E-state index contributed by atoms with van der Waals surface area (Å²) in [6, 6.07) is 19.5. The second kappa shape index (κ2) is 8.38. The molecule has 0 saturated heterocycles. The molecule has 1 amide bonds. The molecule has 31 heavy (non-hydrogen) atoms. The van der Waals surface area contributed by atoms with E-state index in [4.69, 9.17) is 4.98 Å². The van der Waals surface area contributed by atoms with Crippen molar-refractivity contribution >= 4 is 16.9 Å². The van der Waals surface area contributed by atoms with Gasteiger partial charge in [0.1, 0.15) is 5.82 Å². The lowest BCUT2D eigenvalue weighted by Gasteiger charge is -2.20. The number of rotatable bonds is 5. The molecule has 0 fully saturated rings. The minimum atomic E-state index is -0.230. The Morgan fingerprint density at radius 2 is 1.55 bits per heavy atom. The number of nitrogens with zero attached hydrogens (tertiary/aromatic N) is 2. The molecule has 1 unspecified atom stereocenters. The van der Waals surface area contributed by atoms with E-state index in [1.54, 1.807) is 0 Å².